The maximum absolute atomic E-state index is 13.4. The van der Waals surface area contributed by atoms with Crippen molar-refractivity contribution in [1.29, 1.82) is 0 Å². The van der Waals surface area contributed by atoms with E-state index < -0.39 is 12.1 Å². The fourth-order valence-corrected chi connectivity index (χ4v) is 5.57. The molecule has 1 saturated carbocycles. The third kappa shape index (κ3) is 7.04. The van der Waals surface area contributed by atoms with Crippen LogP contribution in [0.25, 0.3) is 0 Å². The number of methoxy groups -OCH3 is 1. The van der Waals surface area contributed by atoms with Gasteiger partial charge in [-0.25, -0.2) is 4.98 Å². The van der Waals surface area contributed by atoms with Crippen LogP contribution in [-0.4, -0.2) is 80.8 Å². The number of carbonyl (C=O) groups is 2. The Morgan fingerprint density at radius 1 is 1.02 bits per heavy atom. The predicted molar refractivity (Wildman–Crippen MR) is 149 cm³/mol. The first-order valence-electron chi connectivity index (χ1n) is 14.0. The number of pyridine rings is 1. The topological polar surface area (TPSA) is 69.2 Å². The Labute approximate surface area is 233 Å². The van der Waals surface area contributed by atoms with Gasteiger partial charge < -0.3 is 14.5 Å². The van der Waals surface area contributed by atoms with Crippen molar-refractivity contribution in [3.05, 3.63) is 42.6 Å². The number of alkyl halides is 3. The average molecular weight is 562 g/mol. The highest BCUT2D eigenvalue weighted by Crippen LogP contribution is 2.35. The van der Waals surface area contributed by atoms with E-state index in [9.17, 15) is 22.8 Å². The molecule has 1 aliphatic carbocycles. The summed E-state index contributed by atoms with van der Waals surface area (Å²) in [5, 5.41) is 0. The van der Waals surface area contributed by atoms with Crippen LogP contribution in [0.1, 0.15) is 39.0 Å². The van der Waals surface area contributed by atoms with Gasteiger partial charge in [-0.05, 0) is 44.0 Å². The van der Waals surface area contributed by atoms with Crippen molar-refractivity contribution < 1.29 is 27.5 Å². The van der Waals surface area contributed by atoms with Gasteiger partial charge in [-0.2, -0.15) is 13.2 Å². The first kappa shape index (κ1) is 29.6. The molecule has 2 amide bonds. The molecule has 1 saturated heterocycles. The molecule has 0 unspecified atom stereocenters. The Morgan fingerprint density at radius 3 is 2.35 bits per heavy atom. The first-order chi connectivity index (χ1) is 19.2. The van der Waals surface area contributed by atoms with Gasteiger partial charge in [-0.15, -0.1) is 0 Å². The molecule has 1 aromatic heterocycles. The van der Waals surface area contributed by atoms with Crippen LogP contribution in [0.3, 0.4) is 0 Å². The number of rotatable bonds is 9. The smallest absolute Gasteiger partial charge is 0.471 e. The van der Waals surface area contributed by atoms with E-state index in [-0.39, 0.29) is 24.1 Å². The SMILES string of the molecule is CCN(C(=O)C(F)(F)F)c1ccc(N2CCN(CCN(C(=O)C3CCCCC3)c3ccccn3)CC2)c(OC)c1. The summed E-state index contributed by atoms with van der Waals surface area (Å²) < 4.78 is 44.7. The fraction of sp³-hybridized carbons (Fsp3) is 0.552. The van der Waals surface area contributed by atoms with Crippen LogP contribution in [0.15, 0.2) is 42.6 Å². The van der Waals surface area contributed by atoms with Gasteiger partial charge >= 0.3 is 12.1 Å². The fourth-order valence-electron chi connectivity index (χ4n) is 5.57. The van der Waals surface area contributed by atoms with Crippen molar-refractivity contribution in [2.24, 2.45) is 5.92 Å². The van der Waals surface area contributed by atoms with E-state index in [0.717, 1.165) is 44.5 Å². The maximum atomic E-state index is 13.4. The predicted octanol–water partition coefficient (Wildman–Crippen LogP) is 4.74. The number of carbonyl (C=O) groups excluding carboxylic acids is 2. The van der Waals surface area contributed by atoms with Crippen LogP contribution in [0.4, 0.5) is 30.4 Å². The number of amides is 2. The van der Waals surface area contributed by atoms with Crippen molar-refractivity contribution in [3.8, 4) is 5.75 Å². The molecule has 218 valence electrons. The molecule has 2 aliphatic rings. The zero-order valence-electron chi connectivity index (χ0n) is 23.2. The van der Waals surface area contributed by atoms with Gasteiger partial charge in [-0.3, -0.25) is 19.4 Å². The van der Waals surface area contributed by atoms with E-state index in [0.29, 0.717) is 42.6 Å². The van der Waals surface area contributed by atoms with E-state index in [1.54, 1.807) is 12.3 Å². The number of nitrogens with zero attached hydrogens (tertiary/aromatic N) is 5. The Bertz CT molecular complexity index is 1130. The molecule has 2 heterocycles. The molecule has 0 bridgehead atoms. The van der Waals surface area contributed by atoms with Crippen LogP contribution in [0, 0.1) is 5.92 Å². The lowest BCUT2D eigenvalue weighted by Gasteiger charge is -2.38. The molecule has 1 aromatic carbocycles. The molecular weight excluding hydrogens is 523 g/mol. The lowest BCUT2D eigenvalue weighted by Crippen LogP contribution is -2.50. The van der Waals surface area contributed by atoms with Gasteiger partial charge in [-0.1, -0.05) is 25.3 Å². The molecule has 8 nitrogen and oxygen atoms in total. The summed E-state index contributed by atoms with van der Waals surface area (Å²) in [6.45, 7) is 5.55. The third-order valence-electron chi connectivity index (χ3n) is 7.78. The largest absolute Gasteiger partial charge is 0.495 e. The van der Waals surface area contributed by atoms with Crippen LogP contribution in [0.5, 0.6) is 5.75 Å². The molecule has 0 radical (unpaired) electrons. The summed E-state index contributed by atoms with van der Waals surface area (Å²) in [6.07, 6.45) is 2.00. The van der Waals surface area contributed by atoms with E-state index in [4.69, 9.17) is 4.74 Å². The molecule has 2 aromatic rings. The Kier molecular flexibility index (Phi) is 9.89. The van der Waals surface area contributed by atoms with Crippen LogP contribution >= 0.6 is 0 Å². The molecule has 4 rings (SSSR count). The summed E-state index contributed by atoms with van der Waals surface area (Å²) in [6, 6.07) is 10.4. The highest BCUT2D eigenvalue weighted by atomic mass is 19.4. The number of halogens is 3. The second-order valence-corrected chi connectivity index (χ2v) is 10.2. The van der Waals surface area contributed by atoms with Gasteiger partial charge in [0.05, 0.1) is 12.8 Å². The molecule has 0 N–H and O–H groups in total. The van der Waals surface area contributed by atoms with E-state index >= 15 is 0 Å². The minimum atomic E-state index is -4.95. The molecule has 1 aliphatic heterocycles. The number of hydrogen-bond donors (Lipinski definition) is 0. The monoisotopic (exact) mass is 561 g/mol. The Hall–Kier alpha value is -3.34. The zero-order valence-corrected chi connectivity index (χ0v) is 23.2. The lowest BCUT2D eigenvalue weighted by molar-refractivity contribution is -0.170. The van der Waals surface area contributed by atoms with Gasteiger partial charge in [0, 0.05) is 69.7 Å². The van der Waals surface area contributed by atoms with Crippen molar-refractivity contribution in [2.45, 2.75) is 45.2 Å². The van der Waals surface area contributed by atoms with Crippen molar-refractivity contribution >= 4 is 29.0 Å². The second kappa shape index (κ2) is 13.3. The van der Waals surface area contributed by atoms with Gasteiger partial charge in [0.2, 0.25) is 5.91 Å². The van der Waals surface area contributed by atoms with Gasteiger partial charge in [0.25, 0.3) is 0 Å². The molecule has 0 spiro atoms. The van der Waals surface area contributed by atoms with Crippen LogP contribution in [0.2, 0.25) is 0 Å². The molecule has 40 heavy (non-hydrogen) atoms. The number of benzene rings is 1. The summed E-state index contributed by atoms with van der Waals surface area (Å²) in [5.74, 6) is -0.587. The standard InChI is InChI=1S/C29H38F3N5O3/c1-3-36(28(39)29(30,31)32)23-12-13-24(25(21-23)40-2)35-18-15-34(16-19-35)17-20-37(26-11-7-8-14-33-26)27(38)22-9-5-4-6-10-22/h7-8,11-14,21-22H,3-6,9-10,15-20H2,1-2H3. The van der Waals surface area contributed by atoms with Crippen molar-refractivity contribution in [1.82, 2.24) is 9.88 Å². The number of ether oxygens (including phenoxy) is 1. The quantitative estimate of drug-likeness (QED) is 0.441. The Balaban J connectivity index is 1.38. The first-order valence-corrected chi connectivity index (χ1v) is 14.0. The van der Waals surface area contributed by atoms with Crippen molar-refractivity contribution in [3.63, 3.8) is 0 Å². The van der Waals surface area contributed by atoms with E-state index in [1.807, 2.05) is 23.1 Å². The third-order valence-corrected chi connectivity index (χ3v) is 7.78. The van der Waals surface area contributed by atoms with Crippen LogP contribution in [-0.2, 0) is 9.59 Å². The molecule has 2 fully saturated rings. The Morgan fingerprint density at radius 2 is 1.75 bits per heavy atom. The van der Waals surface area contributed by atoms with Crippen LogP contribution < -0.4 is 19.4 Å². The highest BCUT2D eigenvalue weighted by Gasteiger charge is 2.42. The van der Waals surface area contributed by atoms with E-state index in [2.05, 4.69) is 14.8 Å². The average Bonchev–Trinajstić information content (AvgIpc) is 2.98. The summed E-state index contributed by atoms with van der Waals surface area (Å²) >= 11 is 0. The number of anilines is 3. The van der Waals surface area contributed by atoms with Gasteiger partial charge in [0.15, 0.2) is 0 Å². The minimum Gasteiger partial charge on any atom is -0.495 e. The summed E-state index contributed by atoms with van der Waals surface area (Å²) in [7, 11) is 1.47. The van der Waals surface area contributed by atoms with Gasteiger partial charge in [0.1, 0.15) is 11.6 Å². The number of piperazine rings is 1. The molecule has 0 atom stereocenters. The lowest BCUT2D eigenvalue weighted by atomic mass is 9.88. The van der Waals surface area contributed by atoms with E-state index in [1.165, 1.54) is 32.6 Å². The number of hydrogen-bond acceptors (Lipinski definition) is 6. The zero-order chi connectivity index (χ0) is 28.7. The molecular formula is C29H38F3N5O3. The number of aromatic nitrogens is 1. The summed E-state index contributed by atoms with van der Waals surface area (Å²) in [5.41, 5.74) is 0.908. The normalized spacial score (nSPS) is 17.0. The maximum Gasteiger partial charge on any atom is 0.471 e. The highest BCUT2D eigenvalue weighted by molar-refractivity contribution is 5.97. The van der Waals surface area contributed by atoms with Crippen molar-refractivity contribution in [2.75, 3.05) is 67.6 Å². The molecule has 11 heteroatoms. The summed E-state index contributed by atoms with van der Waals surface area (Å²) in [4.78, 5) is 36.7. The second-order valence-electron chi connectivity index (χ2n) is 10.2. The minimum absolute atomic E-state index is 0.0538.